The van der Waals surface area contributed by atoms with Crippen molar-refractivity contribution in [2.24, 2.45) is 0 Å². The molecule has 0 radical (unpaired) electrons. The van der Waals surface area contributed by atoms with Crippen molar-refractivity contribution in [3.05, 3.63) is 52.7 Å². The molecule has 0 saturated carbocycles. The van der Waals surface area contributed by atoms with Crippen LogP contribution >= 0.6 is 15.9 Å². The Balaban J connectivity index is 1.92. The first-order chi connectivity index (χ1) is 7.74. The van der Waals surface area contributed by atoms with Gasteiger partial charge in [0.05, 0.1) is 18.2 Å². The lowest BCUT2D eigenvalue weighted by molar-refractivity contribution is 0.314. The topological polar surface area (TPSA) is 29.3 Å². The zero-order chi connectivity index (χ0) is 11.4. The molecule has 2 heterocycles. The molecule has 0 amide bonds. The van der Waals surface area contributed by atoms with Crippen molar-refractivity contribution in [1.82, 2.24) is 9.88 Å². The van der Waals surface area contributed by atoms with E-state index in [0.29, 0.717) is 0 Å². The van der Waals surface area contributed by atoms with Crippen LogP contribution in [0.25, 0.3) is 0 Å². The number of nitrogens with zero attached hydrogens (tertiary/aromatic N) is 2. The quantitative estimate of drug-likeness (QED) is 0.862. The molecule has 0 aliphatic carbocycles. The van der Waals surface area contributed by atoms with Crippen LogP contribution in [0.4, 0.5) is 0 Å². The summed E-state index contributed by atoms with van der Waals surface area (Å²) < 4.78 is 6.04. The highest BCUT2D eigenvalue weighted by atomic mass is 79.9. The van der Waals surface area contributed by atoms with Crippen LogP contribution in [0.5, 0.6) is 0 Å². The first-order valence-corrected chi connectivity index (χ1v) is 5.83. The van der Waals surface area contributed by atoms with Crippen LogP contribution in [0.1, 0.15) is 11.3 Å². The molecule has 0 N–H and O–H groups in total. The summed E-state index contributed by atoms with van der Waals surface area (Å²) in [5.74, 6) is 0. The van der Waals surface area contributed by atoms with E-state index < -0.39 is 0 Å². The molecule has 0 aliphatic rings. The van der Waals surface area contributed by atoms with Gasteiger partial charge < -0.3 is 4.42 Å². The Morgan fingerprint density at radius 1 is 1.31 bits per heavy atom. The molecule has 0 bridgehead atoms. The molecule has 0 spiro atoms. The van der Waals surface area contributed by atoms with Crippen molar-refractivity contribution in [3.8, 4) is 0 Å². The summed E-state index contributed by atoms with van der Waals surface area (Å²) in [6.45, 7) is 1.70. The molecular formula is C12H13BrN2O. The third-order valence-corrected chi connectivity index (χ3v) is 2.72. The first kappa shape index (κ1) is 11.4. The van der Waals surface area contributed by atoms with E-state index in [2.05, 4.69) is 32.9 Å². The predicted octanol–water partition coefficient (Wildman–Crippen LogP) is 3.07. The van der Waals surface area contributed by atoms with E-state index in [-0.39, 0.29) is 0 Å². The summed E-state index contributed by atoms with van der Waals surface area (Å²) in [5, 5.41) is 0. The number of halogens is 1. The molecule has 0 fully saturated rings. The highest BCUT2D eigenvalue weighted by Gasteiger charge is 2.03. The van der Waals surface area contributed by atoms with Crippen molar-refractivity contribution >= 4 is 15.9 Å². The summed E-state index contributed by atoms with van der Waals surface area (Å²) in [6.07, 6.45) is 5.29. The van der Waals surface area contributed by atoms with Gasteiger partial charge in [-0.05, 0) is 41.2 Å². The lowest BCUT2D eigenvalue weighted by atomic mass is 10.3. The zero-order valence-electron chi connectivity index (χ0n) is 9.06. The van der Waals surface area contributed by atoms with E-state index in [0.717, 1.165) is 23.3 Å². The van der Waals surface area contributed by atoms with Gasteiger partial charge in [-0.3, -0.25) is 9.88 Å². The van der Waals surface area contributed by atoms with Crippen LogP contribution in [-0.2, 0) is 13.1 Å². The molecular weight excluding hydrogens is 268 g/mol. The molecule has 0 unspecified atom stereocenters. The molecule has 2 aromatic heterocycles. The zero-order valence-corrected chi connectivity index (χ0v) is 10.6. The van der Waals surface area contributed by atoms with Crippen molar-refractivity contribution in [2.45, 2.75) is 13.1 Å². The number of rotatable bonds is 4. The number of pyridine rings is 1. The Bertz CT molecular complexity index is 425. The second kappa shape index (κ2) is 5.27. The fourth-order valence-corrected chi connectivity index (χ4v) is 1.76. The van der Waals surface area contributed by atoms with Crippen molar-refractivity contribution < 1.29 is 4.42 Å². The van der Waals surface area contributed by atoms with Gasteiger partial charge in [-0.2, -0.15) is 0 Å². The van der Waals surface area contributed by atoms with E-state index in [4.69, 9.17) is 4.42 Å². The standard InChI is InChI=1S/C12H13BrN2O/c1-15(7-10-4-5-16-9-10)8-12-3-2-11(13)6-14-12/h2-6,9H,7-8H2,1H3. The molecule has 0 atom stereocenters. The molecule has 84 valence electrons. The van der Waals surface area contributed by atoms with Crippen LogP contribution in [0.3, 0.4) is 0 Å². The Hall–Kier alpha value is -1.13. The summed E-state index contributed by atoms with van der Waals surface area (Å²) in [4.78, 5) is 6.53. The maximum Gasteiger partial charge on any atom is 0.0947 e. The van der Waals surface area contributed by atoms with E-state index >= 15 is 0 Å². The van der Waals surface area contributed by atoms with Gasteiger partial charge in [-0.1, -0.05) is 0 Å². The van der Waals surface area contributed by atoms with Gasteiger partial charge in [0.1, 0.15) is 0 Å². The molecule has 4 heteroatoms. The lowest BCUT2D eigenvalue weighted by Gasteiger charge is -2.14. The van der Waals surface area contributed by atoms with E-state index in [1.54, 1.807) is 12.5 Å². The van der Waals surface area contributed by atoms with Gasteiger partial charge in [0.25, 0.3) is 0 Å². The highest BCUT2D eigenvalue weighted by Crippen LogP contribution is 2.10. The number of aromatic nitrogens is 1. The summed E-state index contributed by atoms with van der Waals surface area (Å²) in [7, 11) is 2.07. The molecule has 0 aliphatic heterocycles. The van der Waals surface area contributed by atoms with E-state index in [9.17, 15) is 0 Å². The Labute approximate surface area is 103 Å². The molecule has 0 aromatic carbocycles. The Morgan fingerprint density at radius 2 is 2.19 bits per heavy atom. The second-order valence-corrected chi connectivity index (χ2v) is 4.69. The van der Waals surface area contributed by atoms with Gasteiger partial charge in [0, 0.05) is 29.3 Å². The molecule has 3 nitrogen and oxygen atoms in total. The Kier molecular flexibility index (Phi) is 3.74. The number of furan rings is 1. The number of hydrogen-bond acceptors (Lipinski definition) is 3. The third-order valence-electron chi connectivity index (χ3n) is 2.25. The summed E-state index contributed by atoms with van der Waals surface area (Å²) in [6, 6.07) is 6.01. The average molecular weight is 281 g/mol. The predicted molar refractivity (Wildman–Crippen MR) is 65.8 cm³/mol. The van der Waals surface area contributed by atoms with Crippen molar-refractivity contribution in [2.75, 3.05) is 7.05 Å². The second-order valence-electron chi connectivity index (χ2n) is 3.77. The fraction of sp³-hybridized carbons (Fsp3) is 0.250. The van der Waals surface area contributed by atoms with Crippen LogP contribution in [-0.4, -0.2) is 16.9 Å². The smallest absolute Gasteiger partial charge is 0.0947 e. The molecule has 2 rings (SSSR count). The van der Waals surface area contributed by atoms with Gasteiger partial charge in [-0.15, -0.1) is 0 Å². The average Bonchev–Trinajstić information content (AvgIpc) is 2.74. The highest BCUT2D eigenvalue weighted by molar-refractivity contribution is 9.10. The van der Waals surface area contributed by atoms with E-state index in [1.165, 1.54) is 5.56 Å². The minimum Gasteiger partial charge on any atom is -0.472 e. The van der Waals surface area contributed by atoms with E-state index in [1.807, 2.05) is 24.4 Å². The van der Waals surface area contributed by atoms with Crippen LogP contribution in [0, 0.1) is 0 Å². The van der Waals surface area contributed by atoms with Crippen LogP contribution < -0.4 is 0 Å². The molecule has 16 heavy (non-hydrogen) atoms. The van der Waals surface area contributed by atoms with Crippen molar-refractivity contribution in [3.63, 3.8) is 0 Å². The van der Waals surface area contributed by atoms with Crippen LogP contribution in [0.2, 0.25) is 0 Å². The first-order valence-electron chi connectivity index (χ1n) is 5.04. The third kappa shape index (κ3) is 3.18. The van der Waals surface area contributed by atoms with Gasteiger partial charge in [0.15, 0.2) is 0 Å². The maximum atomic E-state index is 5.03. The minimum atomic E-state index is 0.832. The van der Waals surface area contributed by atoms with Crippen molar-refractivity contribution in [1.29, 1.82) is 0 Å². The minimum absolute atomic E-state index is 0.832. The summed E-state index contributed by atoms with van der Waals surface area (Å²) >= 11 is 3.37. The Morgan fingerprint density at radius 3 is 2.81 bits per heavy atom. The molecule has 0 saturated heterocycles. The SMILES string of the molecule is CN(Cc1ccoc1)Cc1ccc(Br)cn1. The van der Waals surface area contributed by atoms with Gasteiger partial charge >= 0.3 is 0 Å². The van der Waals surface area contributed by atoms with Gasteiger partial charge in [-0.25, -0.2) is 0 Å². The largest absolute Gasteiger partial charge is 0.472 e. The fourth-order valence-electron chi connectivity index (χ4n) is 1.53. The lowest BCUT2D eigenvalue weighted by Crippen LogP contribution is -2.17. The van der Waals surface area contributed by atoms with Gasteiger partial charge in [0.2, 0.25) is 0 Å². The van der Waals surface area contributed by atoms with Crippen LogP contribution in [0.15, 0.2) is 45.8 Å². The monoisotopic (exact) mass is 280 g/mol. The maximum absolute atomic E-state index is 5.03. The normalized spacial score (nSPS) is 10.9. The molecule has 2 aromatic rings. The summed E-state index contributed by atoms with van der Waals surface area (Å²) in [5.41, 5.74) is 2.24. The number of hydrogen-bond donors (Lipinski definition) is 0.